The van der Waals surface area contributed by atoms with Gasteiger partial charge in [-0.15, -0.1) is 0 Å². The monoisotopic (exact) mass is 428 g/mol. The Hall–Kier alpha value is -0.0800. The molecule has 7 atom stereocenters. The summed E-state index contributed by atoms with van der Waals surface area (Å²) in [5, 5.41) is 20.4. The van der Waals surface area contributed by atoms with Crippen LogP contribution < -0.4 is 0 Å². The molecule has 0 amide bonds. The maximum absolute atomic E-state index is 10.2. The lowest BCUT2D eigenvalue weighted by Crippen LogP contribution is -2.54. The van der Waals surface area contributed by atoms with Crippen molar-refractivity contribution in [3.63, 3.8) is 0 Å². The third-order valence-electron chi connectivity index (χ3n) is 12.0. The average Bonchev–Trinajstić information content (AvgIpc) is 2.81. The summed E-state index contributed by atoms with van der Waals surface area (Å²) in [4.78, 5) is 0. The Morgan fingerprint density at radius 3 is 1.52 bits per heavy atom. The second-order valence-corrected chi connectivity index (χ2v) is 13.1. The summed E-state index contributed by atoms with van der Waals surface area (Å²) >= 11 is 0. The van der Waals surface area contributed by atoms with Gasteiger partial charge < -0.3 is 10.2 Å². The summed E-state index contributed by atoms with van der Waals surface area (Å²) in [7, 11) is 0. The molecular weight excluding hydrogens is 380 g/mol. The molecule has 0 heterocycles. The summed E-state index contributed by atoms with van der Waals surface area (Å²) in [5.41, 5.74) is 0. The van der Waals surface area contributed by atoms with Crippen molar-refractivity contribution in [2.75, 3.05) is 0 Å². The van der Waals surface area contributed by atoms with E-state index in [4.69, 9.17) is 0 Å². The van der Waals surface area contributed by atoms with Gasteiger partial charge in [0.2, 0.25) is 0 Å². The molecule has 0 aromatic carbocycles. The van der Waals surface area contributed by atoms with Gasteiger partial charge in [0.05, 0.1) is 12.2 Å². The lowest BCUT2D eigenvalue weighted by atomic mass is 9.44. The van der Waals surface area contributed by atoms with Gasteiger partial charge in [0.15, 0.2) is 0 Å². The van der Waals surface area contributed by atoms with Crippen LogP contribution in [0.15, 0.2) is 0 Å². The van der Waals surface area contributed by atoms with E-state index in [1.165, 1.54) is 44.9 Å². The molecule has 31 heavy (non-hydrogen) atoms. The molecule has 6 aliphatic carbocycles. The maximum Gasteiger partial charge on any atom is 0.0540 e. The molecule has 0 aromatic rings. The Labute approximate surface area is 191 Å². The molecule has 176 valence electrons. The van der Waals surface area contributed by atoms with E-state index in [1.54, 1.807) is 38.5 Å². The molecule has 0 spiro atoms. The first kappa shape index (κ1) is 21.5. The van der Waals surface area contributed by atoms with Crippen LogP contribution in [-0.4, -0.2) is 22.4 Å². The van der Waals surface area contributed by atoms with Crippen LogP contribution in [0.3, 0.4) is 0 Å². The highest BCUT2D eigenvalue weighted by atomic mass is 16.3. The van der Waals surface area contributed by atoms with Gasteiger partial charge in [0.25, 0.3) is 0 Å². The zero-order valence-corrected chi connectivity index (χ0v) is 19.8. The van der Waals surface area contributed by atoms with Crippen molar-refractivity contribution in [1.29, 1.82) is 0 Å². The molecule has 6 fully saturated rings. The van der Waals surface area contributed by atoms with Gasteiger partial charge in [0, 0.05) is 0 Å². The van der Waals surface area contributed by atoms with Gasteiger partial charge >= 0.3 is 0 Å². The van der Waals surface area contributed by atoms with E-state index in [9.17, 15) is 10.2 Å². The van der Waals surface area contributed by atoms with Crippen molar-refractivity contribution in [1.82, 2.24) is 0 Å². The number of aliphatic hydroxyl groups is 2. The topological polar surface area (TPSA) is 40.5 Å². The molecule has 0 bridgehead atoms. The zero-order valence-electron chi connectivity index (χ0n) is 19.8. The lowest BCUT2D eigenvalue weighted by molar-refractivity contribution is -0.122. The van der Waals surface area contributed by atoms with E-state index in [-0.39, 0.29) is 12.2 Å². The molecular formula is C29H48O2. The third kappa shape index (κ3) is 3.94. The first-order chi connectivity index (χ1) is 15.2. The Morgan fingerprint density at radius 2 is 0.935 bits per heavy atom. The van der Waals surface area contributed by atoms with Crippen LogP contribution in [0.1, 0.15) is 109 Å². The molecule has 0 aliphatic heterocycles. The standard InChI is InChI=1S/C29H48O2/c30-23-12-6-20(7-13-23)27(21-8-14-24(31)15-9-21)25-16-11-22-5-4-18-2-1-3-19-10-17-26(25)29(22)28(18)19/h18-31H,1-17H2. The van der Waals surface area contributed by atoms with E-state index in [1.807, 2.05) is 0 Å². The third-order valence-corrected chi connectivity index (χ3v) is 12.0. The Balaban J connectivity index is 1.28. The predicted octanol–water partition coefficient (Wildman–Crippen LogP) is 6.58. The first-order valence-corrected chi connectivity index (χ1v) is 14.5. The fourth-order valence-electron chi connectivity index (χ4n) is 10.9. The Bertz CT molecular complexity index is 574. The number of hydrogen-bond acceptors (Lipinski definition) is 2. The largest absolute Gasteiger partial charge is 0.393 e. The van der Waals surface area contributed by atoms with E-state index >= 15 is 0 Å². The Morgan fingerprint density at radius 1 is 0.452 bits per heavy atom. The van der Waals surface area contributed by atoms with Crippen LogP contribution in [0, 0.1) is 59.2 Å². The van der Waals surface area contributed by atoms with Crippen molar-refractivity contribution in [2.45, 2.75) is 121 Å². The summed E-state index contributed by atoms with van der Waals surface area (Å²) < 4.78 is 0. The van der Waals surface area contributed by atoms with Crippen LogP contribution in [-0.2, 0) is 0 Å². The van der Waals surface area contributed by atoms with E-state index in [0.717, 1.165) is 84.9 Å². The second kappa shape index (κ2) is 8.94. The first-order valence-electron chi connectivity index (χ1n) is 14.5. The molecule has 6 saturated carbocycles. The molecule has 6 aliphatic rings. The fourth-order valence-corrected chi connectivity index (χ4v) is 10.9. The summed E-state index contributed by atoms with van der Waals surface area (Å²) in [6.07, 6.45) is 23.1. The van der Waals surface area contributed by atoms with Gasteiger partial charge in [-0.05, 0) is 149 Å². The summed E-state index contributed by atoms with van der Waals surface area (Å²) in [5.74, 6) is 9.97. The van der Waals surface area contributed by atoms with Crippen LogP contribution >= 0.6 is 0 Å². The normalized spacial score (nSPS) is 53.4. The van der Waals surface area contributed by atoms with Crippen LogP contribution in [0.25, 0.3) is 0 Å². The lowest BCUT2D eigenvalue weighted by Gasteiger charge is -2.61. The predicted molar refractivity (Wildman–Crippen MR) is 125 cm³/mol. The van der Waals surface area contributed by atoms with Crippen LogP contribution in [0.4, 0.5) is 0 Å². The number of aliphatic hydroxyl groups excluding tert-OH is 2. The van der Waals surface area contributed by atoms with Crippen molar-refractivity contribution in [2.24, 2.45) is 59.2 Å². The van der Waals surface area contributed by atoms with Gasteiger partial charge in [-0.3, -0.25) is 0 Å². The van der Waals surface area contributed by atoms with E-state index in [0.29, 0.717) is 0 Å². The van der Waals surface area contributed by atoms with Gasteiger partial charge in [-0.1, -0.05) is 19.3 Å². The molecule has 6 rings (SSSR count). The van der Waals surface area contributed by atoms with Gasteiger partial charge in [-0.25, -0.2) is 0 Å². The van der Waals surface area contributed by atoms with E-state index < -0.39 is 0 Å². The highest BCUT2D eigenvalue weighted by molar-refractivity contribution is 5.04. The SMILES string of the molecule is OC1CCC(C(C2CCC(O)CC2)C2CCC3CCC4CCCC5CCC2C3C45)CC1. The summed E-state index contributed by atoms with van der Waals surface area (Å²) in [6, 6.07) is 0. The quantitative estimate of drug-likeness (QED) is 0.533. The molecule has 7 unspecified atom stereocenters. The number of hydrogen-bond donors (Lipinski definition) is 2. The average molecular weight is 429 g/mol. The van der Waals surface area contributed by atoms with Crippen molar-refractivity contribution in [3.05, 3.63) is 0 Å². The van der Waals surface area contributed by atoms with Crippen molar-refractivity contribution >= 4 is 0 Å². The van der Waals surface area contributed by atoms with E-state index in [2.05, 4.69) is 0 Å². The Kier molecular flexibility index (Phi) is 6.18. The number of rotatable bonds is 3. The molecule has 2 nitrogen and oxygen atoms in total. The minimum absolute atomic E-state index is 0.0300. The zero-order chi connectivity index (χ0) is 20.9. The van der Waals surface area contributed by atoms with Gasteiger partial charge in [-0.2, -0.15) is 0 Å². The van der Waals surface area contributed by atoms with Crippen molar-refractivity contribution < 1.29 is 10.2 Å². The smallest absolute Gasteiger partial charge is 0.0540 e. The summed E-state index contributed by atoms with van der Waals surface area (Å²) in [6.45, 7) is 0. The fraction of sp³-hybridized carbons (Fsp3) is 1.00. The molecule has 2 N–H and O–H groups in total. The minimum Gasteiger partial charge on any atom is -0.393 e. The van der Waals surface area contributed by atoms with Crippen LogP contribution in [0.2, 0.25) is 0 Å². The molecule has 2 heteroatoms. The second-order valence-electron chi connectivity index (χ2n) is 13.1. The van der Waals surface area contributed by atoms with Crippen LogP contribution in [0.5, 0.6) is 0 Å². The molecule has 0 aromatic heterocycles. The van der Waals surface area contributed by atoms with Crippen molar-refractivity contribution in [3.8, 4) is 0 Å². The highest BCUT2D eigenvalue weighted by Crippen LogP contribution is 2.63. The molecule has 0 radical (unpaired) electrons. The van der Waals surface area contributed by atoms with Gasteiger partial charge in [0.1, 0.15) is 0 Å². The minimum atomic E-state index is -0.0300. The molecule has 0 saturated heterocycles. The maximum atomic E-state index is 10.2. The highest BCUT2D eigenvalue weighted by Gasteiger charge is 2.55.